The van der Waals surface area contributed by atoms with E-state index >= 15 is 0 Å². The van der Waals surface area contributed by atoms with Crippen molar-refractivity contribution in [2.75, 3.05) is 19.0 Å². The van der Waals surface area contributed by atoms with Gasteiger partial charge < -0.3 is 15.4 Å². The number of methoxy groups -OCH3 is 1. The average molecular weight is 299 g/mol. The van der Waals surface area contributed by atoms with Gasteiger partial charge in [-0.3, -0.25) is 4.79 Å². The Labute approximate surface area is 124 Å². The Bertz CT molecular complexity index is 505. The molecule has 0 fully saturated rings. The van der Waals surface area contributed by atoms with Crippen LogP contribution in [0.4, 0.5) is 5.69 Å². The van der Waals surface area contributed by atoms with Gasteiger partial charge in [-0.25, -0.2) is 4.79 Å². The Balaban J connectivity index is 0.00000200. The molecule has 1 aliphatic rings. The molecule has 6 heteroatoms. The van der Waals surface area contributed by atoms with Crippen molar-refractivity contribution in [1.29, 1.82) is 0 Å². The first-order chi connectivity index (χ1) is 9.13. The zero-order valence-corrected chi connectivity index (χ0v) is 12.4. The van der Waals surface area contributed by atoms with E-state index in [-0.39, 0.29) is 18.3 Å². The first kappa shape index (κ1) is 16.3. The molecule has 1 aliphatic heterocycles. The molecule has 2 N–H and O–H groups in total. The SMILES string of the molecule is COC(=O)C(C)NC(=O)c1cccc2c1CCCN2.Cl. The minimum absolute atomic E-state index is 0. The molecular weight excluding hydrogens is 280 g/mol. The molecular formula is C14H19ClN2O3. The van der Waals surface area contributed by atoms with Crippen LogP contribution in [0.2, 0.25) is 0 Å². The number of anilines is 1. The fourth-order valence-corrected chi connectivity index (χ4v) is 2.23. The van der Waals surface area contributed by atoms with Gasteiger partial charge in [0.15, 0.2) is 0 Å². The minimum Gasteiger partial charge on any atom is -0.467 e. The van der Waals surface area contributed by atoms with Crippen LogP contribution >= 0.6 is 12.4 Å². The molecule has 1 atom stereocenters. The normalized spacial score (nSPS) is 14.1. The Morgan fingerprint density at radius 1 is 1.40 bits per heavy atom. The van der Waals surface area contributed by atoms with Gasteiger partial charge in [-0.05, 0) is 37.5 Å². The van der Waals surface area contributed by atoms with Gasteiger partial charge in [0.2, 0.25) is 0 Å². The van der Waals surface area contributed by atoms with E-state index in [1.165, 1.54) is 7.11 Å². The number of nitrogens with one attached hydrogen (secondary N) is 2. The summed E-state index contributed by atoms with van der Waals surface area (Å²) < 4.78 is 4.60. The summed E-state index contributed by atoms with van der Waals surface area (Å²) in [5, 5.41) is 5.93. The van der Waals surface area contributed by atoms with Crippen molar-refractivity contribution in [2.24, 2.45) is 0 Å². The zero-order chi connectivity index (χ0) is 13.8. The second-order valence-electron chi connectivity index (χ2n) is 4.58. The quantitative estimate of drug-likeness (QED) is 0.835. The Kier molecular flexibility index (Phi) is 5.82. The zero-order valence-electron chi connectivity index (χ0n) is 11.6. The van der Waals surface area contributed by atoms with Crippen LogP contribution in [0.5, 0.6) is 0 Å². The molecule has 1 aromatic carbocycles. The number of carbonyl (C=O) groups is 2. The number of halogens is 1. The highest BCUT2D eigenvalue weighted by molar-refractivity contribution is 5.99. The molecule has 0 bridgehead atoms. The van der Waals surface area contributed by atoms with E-state index < -0.39 is 12.0 Å². The number of rotatable bonds is 3. The van der Waals surface area contributed by atoms with Crippen molar-refractivity contribution in [2.45, 2.75) is 25.8 Å². The van der Waals surface area contributed by atoms with Crippen LogP contribution in [0.3, 0.4) is 0 Å². The Morgan fingerprint density at radius 2 is 2.15 bits per heavy atom. The van der Waals surface area contributed by atoms with E-state index in [2.05, 4.69) is 15.4 Å². The van der Waals surface area contributed by atoms with Crippen LogP contribution in [0.1, 0.15) is 29.3 Å². The summed E-state index contributed by atoms with van der Waals surface area (Å²) in [6.07, 6.45) is 1.88. The fourth-order valence-electron chi connectivity index (χ4n) is 2.23. The summed E-state index contributed by atoms with van der Waals surface area (Å²) in [6, 6.07) is 4.94. The maximum Gasteiger partial charge on any atom is 0.328 e. The lowest BCUT2D eigenvalue weighted by atomic mass is 9.97. The number of fused-ring (bicyclic) bond motifs is 1. The molecule has 1 aromatic rings. The second-order valence-corrected chi connectivity index (χ2v) is 4.58. The van der Waals surface area contributed by atoms with Crippen LogP contribution in [-0.2, 0) is 16.0 Å². The highest BCUT2D eigenvalue weighted by atomic mass is 35.5. The van der Waals surface area contributed by atoms with Gasteiger partial charge in [-0.15, -0.1) is 12.4 Å². The molecule has 1 heterocycles. The summed E-state index contributed by atoms with van der Waals surface area (Å²) in [7, 11) is 1.30. The molecule has 2 rings (SSSR count). The number of amides is 1. The predicted molar refractivity (Wildman–Crippen MR) is 79.4 cm³/mol. The van der Waals surface area contributed by atoms with E-state index in [4.69, 9.17) is 0 Å². The van der Waals surface area contributed by atoms with Gasteiger partial charge in [-0.2, -0.15) is 0 Å². The van der Waals surface area contributed by atoms with Crippen molar-refractivity contribution in [3.05, 3.63) is 29.3 Å². The molecule has 0 saturated heterocycles. The maximum absolute atomic E-state index is 12.2. The molecule has 110 valence electrons. The minimum atomic E-state index is -0.648. The lowest BCUT2D eigenvalue weighted by Gasteiger charge is -2.21. The molecule has 0 aliphatic carbocycles. The summed E-state index contributed by atoms with van der Waals surface area (Å²) in [5.74, 6) is -0.685. The topological polar surface area (TPSA) is 67.4 Å². The number of ether oxygens (including phenoxy) is 1. The third kappa shape index (κ3) is 3.42. The van der Waals surface area contributed by atoms with Crippen LogP contribution in [0.25, 0.3) is 0 Å². The summed E-state index contributed by atoms with van der Waals surface area (Å²) in [4.78, 5) is 23.5. The smallest absolute Gasteiger partial charge is 0.328 e. The molecule has 0 spiro atoms. The third-order valence-corrected chi connectivity index (χ3v) is 3.24. The van der Waals surface area contributed by atoms with E-state index in [1.807, 2.05) is 12.1 Å². The number of hydrogen-bond donors (Lipinski definition) is 2. The van der Waals surface area contributed by atoms with Crippen LogP contribution < -0.4 is 10.6 Å². The van der Waals surface area contributed by atoms with Gasteiger partial charge in [0, 0.05) is 17.8 Å². The fraction of sp³-hybridized carbons (Fsp3) is 0.429. The van der Waals surface area contributed by atoms with Crippen molar-refractivity contribution in [3.8, 4) is 0 Å². The Morgan fingerprint density at radius 3 is 2.85 bits per heavy atom. The second kappa shape index (κ2) is 7.14. The molecule has 1 unspecified atom stereocenters. The number of benzene rings is 1. The highest BCUT2D eigenvalue weighted by Crippen LogP contribution is 2.25. The van der Waals surface area contributed by atoms with E-state index in [0.29, 0.717) is 5.56 Å². The van der Waals surface area contributed by atoms with Crippen LogP contribution in [0, 0.1) is 0 Å². The number of hydrogen-bond acceptors (Lipinski definition) is 4. The van der Waals surface area contributed by atoms with Gasteiger partial charge in [0.25, 0.3) is 5.91 Å². The lowest BCUT2D eigenvalue weighted by Crippen LogP contribution is -2.39. The third-order valence-electron chi connectivity index (χ3n) is 3.24. The monoisotopic (exact) mass is 298 g/mol. The highest BCUT2D eigenvalue weighted by Gasteiger charge is 2.21. The molecule has 1 amide bonds. The maximum atomic E-state index is 12.2. The van der Waals surface area contributed by atoms with E-state index in [9.17, 15) is 9.59 Å². The molecule has 0 saturated carbocycles. The Hall–Kier alpha value is -1.75. The van der Waals surface area contributed by atoms with E-state index in [0.717, 1.165) is 30.6 Å². The average Bonchev–Trinajstić information content (AvgIpc) is 2.45. The van der Waals surface area contributed by atoms with Gasteiger partial charge >= 0.3 is 5.97 Å². The first-order valence-corrected chi connectivity index (χ1v) is 6.38. The van der Waals surface area contributed by atoms with Crippen molar-refractivity contribution in [1.82, 2.24) is 5.32 Å². The van der Waals surface area contributed by atoms with Gasteiger partial charge in [-0.1, -0.05) is 6.07 Å². The van der Waals surface area contributed by atoms with E-state index in [1.54, 1.807) is 13.0 Å². The summed E-state index contributed by atoms with van der Waals surface area (Å²) in [6.45, 7) is 2.54. The van der Waals surface area contributed by atoms with Crippen LogP contribution in [-0.4, -0.2) is 31.6 Å². The van der Waals surface area contributed by atoms with Crippen LogP contribution in [0.15, 0.2) is 18.2 Å². The van der Waals surface area contributed by atoms with Gasteiger partial charge in [0.05, 0.1) is 7.11 Å². The summed E-state index contributed by atoms with van der Waals surface area (Å²) >= 11 is 0. The van der Waals surface area contributed by atoms with Crippen molar-refractivity contribution < 1.29 is 14.3 Å². The molecule has 0 aromatic heterocycles. The standard InChI is InChI=1S/C14H18N2O3.ClH/c1-9(14(18)19-2)16-13(17)11-5-3-7-12-10(11)6-4-8-15-12;/h3,5,7,9,15H,4,6,8H2,1-2H3,(H,16,17);1H. The van der Waals surface area contributed by atoms with Crippen molar-refractivity contribution in [3.63, 3.8) is 0 Å². The molecule has 5 nitrogen and oxygen atoms in total. The number of esters is 1. The molecule has 20 heavy (non-hydrogen) atoms. The van der Waals surface area contributed by atoms with Crippen molar-refractivity contribution >= 4 is 30.0 Å². The van der Waals surface area contributed by atoms with Gasteiger partial charge in [0.1, 0.15) is 6.04 Å². The summed E-state index contributed by atoms with van der Waals surface area (Å²) in [5.41, 5.74) is 2.65. The largest absolute Gasteiger partial charge is 0.467 e. The lowest BCUT2D eigenvalue weighted by molar-refractivity contribution is -0.142. The number of carbonyl (C=O) groups excluding carboxylic acids is 2. The predicted octanol–water partition coefficient (Wildman–Crippen LogP) is 1.76. The molecule has 0 radical (unpaired) electrons. The first-order valence-electron chi connectivity index (χ1n) is 6.38.